The maximum absolute atomic E-state index is 12.5. The van der Waals surface area contributed by atoms with Crippen LogP contribution in [0.1, 0.15) is 24.8 Å². The van der Waals surface area contributed by atoms with Crippen molar-refractivity contribution in [3.05, 3.63) is 53.1 Å². The predicted molar refractivity (Wildman–Crippen MR) is 127 cm³/mol. The molecule has 1 aliphatic rings. The molecule has 1 fully saturated rings. The van der Waals surface area contributed by atoms with Crippen molar-refractivity contribution < 1.29 is 22.7 Å². The van der Waals surface area contributed by atoms with Crippen molar-refractivity contribution in [3.63, 3.8) is 0 Å². The highest BCUT2D eigenvalue weighted by Crippen LogP contribution is 2.29. The van der Waals surface area contributed by atoms with Crippen LogP contribution in [0, 0.1) is 0 Å². The summed E-state index contributed by atoms with van der Waals surface area (Å²) in [5.74, 6) is 0.594. The monoisotopic (exact) mass is 495 g/mol. The number of nitrogens with one attached hydrogen (secondary N) is 2. The molecule has 0 aromatic heterocycles. The average Bonchev–Trinajstić information content (AvgIpc) is 2.81. The van der Waals surface area contributed by atoms with Gasteiger partial charge in [0, 0.05) is 49.7 Å². The van der Waals surface area contributed by atoms with Crippen LogP contribution in [0.4, 0.5) is 0 Å². The topological polar surface area (TPSA) is 97.0 Å². The molecule has 2 aromatic carbocycles. The third kappa shape index (κ3) is 7.33. The Kier molecular flexibility index (Phi) is 8.96. The standard InChI is InChI=1S/C23H30ClN3O5S/c1-31-21-8-7-20(15-22(21)32-2)33(29,30)25-12-9-23(28)26-19-10-13-27(14-11-19)16-17-3-5-18(24)6-4-17/h3-8,15,19,25H,9-14,16H2,1-2H3,(H,26,28). The summed E-state index contributed by atoms with van der Waals surface area (Å²) < 4.78 is 37.8. The molecular formula is C23H30ClN3O5S. The number of ether oxygens (including phenoxy) is 2. The number of methoxy groups -OCH3 is 2. The molecule has 0 atom stereocenters. The van der Waals surface area contributed by atoms with Gasteiger partial charge in [-0.2, -0.15) is 0 Å². The number of carbonyl (C=O) groups is 1. The second kappa shape index (κ2) is 11.7. The molecule has 2 aromatic rings. The Balaban J connectivity index is 1.40. The summed E-state index contributed by atoms with van der Waals surface area (Å²) in [5, 5.41) is 3.74. The van der Waals surface area contributed by atoms with Gasteiger partial charge >= 0.3 is 0 Å². The molecule has 0 unspecified atom stereocenters. The minimum absolute atomic E-state index is 0.0118. The first-order valence-electron chi connectivity index (χ1n) is 10.8. The van der Waals surface area contributed by atoms with Gasteiger partial charge in [0.25, 0.3) is 0 Å². The van der Waals surface area contributed by atoms with E-state index >= 15 is 0 Å². The van der Waals surface area contributed by atoms with Gasteiger partial charge in [0.15, 0.2) is 11.5 Å². The largest absolute Gasteiger partial charge is 0.493 e. The molecule has 0 aliphatic carbocycles. The molecule has 180 valence electrons. The van der Waals surface area contributed by atoms with Crippen molar-refractivity contribution in [3.8, 4) is 11.5 Å². The second-order valence-corrected chi connectivity index (χ2v) is 10.1. The maximum atomic E-state index is 12.5. The number of benzene rings is 2. The first kappa shape index (κ1) is 25.3. The number of hydrogen-bond acceptors (Lipinski definition) is 6. The van der Waals surface area contributed by atoms with Crippen molar-refractivity contribution in [1.82, 2.24) is 14.9 Å². The zero-order valence-electron chi connectivity index (χ0n) is 18.8. The first-order chi connectivity index (χ1) is 15.8. The zero-order chi connectivity index (χ0) is 23.8. The SMILES string of the molecule is COc1ccc(S(=O)(=O)NCCC(=O)NC2CCN(Cc3ccc(Cl)cc3)CC2)cc1OC. The Morgan fingerprint density at radius 3 is 2.36 bits per heavy atom. The molecule has 8 nitrogen and oxygen atoms in total. The third-order valence-corrected chi connectivity index (χ3v) is 7.29. The molecule has 2 N–H and O–H groups in total. The number of likely N-dealkylation sites (tertiary alicyclic amines) is 1. The van der Waals surface area contributed by atoms with Crippen LogP contribution in [0.3, 0.4) is 0 Å². The highest BCUT2D eigenvalue weighted by atomic mass is 35.5. The van der Waals surface area contributed by atoms with Crippen molar-refractivity contribution in [2.75, 3.05) is 33.9 Å². The van der Waals surface area contributed by atoms with Crippen molar-refractivity contribution in [2.45, 2.75) is 36.7 Å². The van der Waals surface area contributed by atoms with Gasteiger partial charge in [0.2, 0.25) is 15.9 Å². The molecule has 10 heteroatoms. The second-order valence-electron chi connectivity index (χ2n) is 7.91. The van der Waals surface area contributed by atoms with Crippen molar-refractivity contribution in [1.29, 1.82) is 0 Å². The molecule has 3 rings (SSSR count). The Morgan fingerprint density at radius 1 is 1.06 bits per heavy atom. The fourth-order valence-corrected chi connectivity index (χ4v) is 4.92. The summed E-state index contributed by atoms with van der Waals surface area (Å²) in [4.78, 5) is 14.7. The first-order valence-corrected chi connectivity index (χ1v) is 12.6. The zero-order valence-corrected chi connectivity index (χ0v) is 20.4. The normalized spacial score (nSPS) is 15.2. The van der Waals surface area contributed by atoms with E-state index in [4.69, 9.17) is 21.1 Å². The maximum Gasteiger partial charge on any atom is 0.240 e. The lowest BCUT2D eigenvalue weighted by Crippen LogP contribution is -2.45. The fraction of sp³-hybridized carbons (Fsp3) is 0.435. The minimum atomic E-state index is -3.77. The fourth-order valence-electron chi connectivity index (χ4n) is 3.75. The van der Waals surface area contributed by atoms with Crippen LogP contribution >= 0.6 is 11.6 Å². The van der Waals surface area contributed by atoms with Crippen LogP contribution in [0.2, 0.25) is 5.02 Å². The molecule has 0 bridgehead atoms. The average molecular weight is 496 g/mol. The molecule has 0 saturated carbocycles. The Morgan fingerprint density at radius 2 is 1.73 bits per heavy atom. The van der Waals surface area contributed by atoms with Gasteiger partial charge in [-0.05, 0) is 42.7 Å². The summed E-state index contributed by atoms with van der Waals surface area (Å²) in [5.41, 5.74) is 1.21. The summed E-state index contributed by atoms with van der Waals surface area (Å²) in [6.45, 7) is 2.65. The van der Waals surface area contributed by atoms with Gasteiger partial charge < -0.3 is 14.8 Å². The van der Waals surface area contributed by atoms with E-state index in [0.717, 1.165) is 37.5 Å². The molecule has 1 heterocycles. The molecule has 0 spiro atoms. The van der Waals surface area contributed by atoms with Gasteiger partial charge in [0.05, 0.1) is 19.1 Å². The predicted octanol–water partition coefficient (Wildman–Crippen LogP) is 2.81. The van der Waals surface area contributed by atoms with E-state index < -0.39 is 10.0 Å². The van der Waals surface area contributed by atoms with Gasteiger partial charge in [-0.25, -0.2) is 13.1 Å². The minimum Gasteiger partial charge on any atom is -0.493 e. The summed E-state index contributed by atoms with van der Waals surface area (Å²) in [6.07, 6.45) is 1.78. The molecule has 1 aliphatic heterocycles. The molecule has 0 radical (unpaired) electrons. The van der Waals surface area contributed by atoms with Crippen molar-refractivity contribution in [2.24, 2.45) is 0 Å². The number of halogens is 1. The lowest BCUT2D eigenvalue weighted by atomic mass is 10.0. The number of sulfonamides is 1. The molecule has 1 saturated heterocycles. The van der Waals surface area contributed by atoms with Crippen LogP contribution in [0.15, 0.2) is 47.4 Å². The van der Waals surface area contributed by atoms with E-state index in [0.29, 0.717) is 11.5 Å². The van der Waals surface area contributed by atoms with Crippen LogP contribution in [-0.4, -0.2) is 59.1 Å². The van der Waals surface area contributed by atoms with E-state index in [-0.39, 0.29) is 29.8 Å². The number of rotatable bonds is 10. The van der Waals surface area contributed by atoms with Crippen LogP contribution in [0.5, 0.6) is 11.5 Å². The highest BCUT2D eigenvalue weighted by molar-refractivity contribution is 7.89. The van der Waals surface area contributed by atoms with Crippen molar-refractivity contribution >= 4 is 27.5 Å². The Bertz CT molecular complexity index is 1040. The van der Waals surface area contributed by atoms with E-state index in [1.807, 2.05) is 24.3 Å². The lowest BCUT2D eigenvalue weighted by molar-refractivity contribution is -0.121. The van der Waals surface area contributed by atoms with Gasteiger partial charge in [0.1, 0.15) is 0 Å². The number of nitrogens with zero attached hydrogens (tertiary/aromatic N) is 1. The lowest BCUT2D eigenvalue weighted by Gasteiger charge is -2.32. The highest BCUT2D eigenvalue weighted by Gasteiger charge is 2.21. The van der Waals surface area contributed by atoms with E-state index in [1.165, 1.54) is 38.0 Å². The van der Waals surface area contributed by atoms with Crippen LogP contribution in [0.25, 0.3) is 0 Å². The quantitative estimate of drug-likeness (QED) is 0.526. The van der Waals surface area contributed by atoms with E-state index in [1.54, 1.807) is 0 Å². The number of amides is 1. The summed E-state index contributed by atoms with van der Waals surface area (Å²) >= 11 is 5.94. The number of piperidine rings is 1. The Labute approximate surface area is 200 Å². The third-order valence-electron chi connectivity index (χ3n) is 5.58. The molecule has 1 amide bonds. The van der Waals surface area contributed by atoms with Crippen LogP contribution < -0.4 is 19.5 Å². The van der Waals surface area contributed by atoms with Gasteiger partial charge in [-0.15, -0.1) is 0 Å². The Hall–Kier alpha value is -2.33. The molecule has 33 heavy (non-hydrogen) atoms. The summed E-state index contributed by atoms with van der Waals surface area (Å²) in [7, 11) is -0.850. The number of hydrogen-bond donors (Lipinski definition) is 2. The smallest absolute Gasteiger partial charge is 0.240 e. The summed E-state index contributed by atoms with van der Waals surface area (Å²) in [6, 6.07) is 12.3. The van der Waals surface area contributed by atoms with Gasteiger partial charge in [-0.3, -0.25) is 9.69 Å². The van der Waals surface area contributed by atoms with E-state index in [2.05, 4.69) is 14.9 Å². The van der Waals surface area contributed by atoms with Crippen LogP contribution in [-0.2, 0) is 21.4 Å². The van der Waals surface area contributed by atoms with Gasteiger partial charge in [-0.1, -0.05) is 23.7 Å². The number of carbonyl (C=O) groups excluding carboxylic acids is 1. The van der Waals surface area contributed by atoms with E-state index in [9.17, 15) is 13.2 Å². The molecular weight excluding hydrogens is 466 g/mol.